The molecular weight excluding hydrogens is 404 g/mol. The van der Waals surface area contributed by atoms with Gasteiger partial charge in [-0.05, 0) is 35.0 Å². The quantitative estimate of drug-likeness (QED) is 0.383. The minimum Gasteiger partial charge on any atom is -0.461 e. The minimum atomic E-state index is -1.20. The Balaban J connectivity index is 2.43. The molecule has 25 heavy (non-hydrogen) atoms. The molecule has 0 aliphatic carbocycles. The molecule has 0 fully saturated rings. The molecule has 0 atom stereocenters. The number of nitrogens with zero attached hydrogens (tertiary/aromatic N) is 2. The van der Waals surface area contributed by atoms with E-state index in [9.17, 15) is 9.59 Å². The van der Waals surface area contributed by atoms with E-state index in [4.69, 9.17) is 9.47 Å². The third-order valence-corrected chi connectivity index (χ3v) is 6.17. The molecule has 0 aromatic carbocycles. The van der Waals surface area contributed by atoms with Gasteiger partial charge in [-0.3, -0.25) is 4.79 Å². The van der Waals surface area contributed by atoms with E-state index in [1.54, 1.807) is 30.8 Å². The first-order valence-corrected chi connectivity index (χ1v) is 12.8. The molecule has 0 spiro atoms. The maximum atomic E-state index is 12.4. The van der Waals surface area contributed by atoms with Crippen molar-refractivity contribution < 1.29 is 14.3 Å². The molecule has 2 rings (SSSR count). The van der Waals surface area contributed by atoms with Crippen LogP contribution in [0.2, 0.25) is 25.7 Å². The van der Waals surface area contributed by atoms with E-state index in [2.05, 4.69) is 35.6 Å². The summed E-state index contributed by atoms with van der Waals surface area (Å²) in [5.41, 5.74) is 0.817. The summed E-state index contributed by atoms with van der Waals surface area (Å²) in [7, 11) is 0.482. The zero-order valence-electron chi connectivity index (χ0n) is 15.4. The van der Waals surface area contributed by atoms with Crippen molar-refractivity contribution in [1.82, 2.24) is 9.13 Å². The molecular formula is C17H25BrN2O4Si. The normalized spacial score (nSPS) is 11.9. The van der Waals surface area contributed by atoms with Crippen molar-refractivity contribution in [2.75, 3.05) is 13.2 Å². The number of esters is 1. The van der Waals surface area contributed by atoms with Gasteiger partial charge in [0.25, 0.3) is 5.56 Å². The van der Waals surface area contributed by atoms with E-state index in [0.717, 1.165) is 10.5 Å². The van der Waals surface area contributed by atoms with E-state index in [1.165, 1.54) is 4.57 Å². The van der Waals surface area contributed by atoms with Crippen LogP contribution in [0, 0.1) is 0 Å². The number of fused-ring (bicyclic) bond motifs is 1. The average Bonchev–Trinajstić information content (AvgIpc) is 2.89. The van der Waals surface area contributed by atoms with E-state index >= 15 is 0 Å². The first kappa shape index (κ1) is 19.9. The molecule has 2 aromatic heterocycles. The molecule has 2 aromatic rings. The summed E-state index contributed by atoms with van der Waals surface area (Å²) in [6, 6.07) is 2.62. The molecule has 0 radical (unpaired) electrons. The fourth-order valence-electron chi connectivity index (χ4n) is 2.49. The Labute approximate surface area is 156 Å². The third-order valence-electron chi connectivity index (χ3n) is 3.88. The van der Waals surface area contributed by atoms with Crippen molar-refractivity contribution >= 4 is 40.9 Å². The molecule has 0 saturated heterocycles. The number of rotatable bonds is 7. The summed E-state index contributed by atoms with van der Waals surface area (Å²) in [5, 5.41) is 0.466. The molecule has 138 valence electrons. The maximum Gasteiger partial charge on any atom is 0.355 e. The molecule has 8 heteroatoms. The number of pyridine rings is 1. The number of carbonyl (C=O) groups is 1. The lowest BCUT2D eigenvalue weighted by Crippen LogP contribution is -2.22. The summed E-state index contributed by atoms with van der Waals surface area (Å²) in [4.78, 5) is 24.7. The smallest absolute Gasteiger partial charge is 0.355 e. The highest BCUT2D eigenvalue weighted by molar-refractivity contribution is 9.10. The van der Waals surface area contributed by atoms with Crippen LogP contribution in [0.5, 0.6) is 0 Å². The van der Waals surface area contributed by atoms with E-state index in [0.29, 0.717) is 23.2 Å². The SMILES string of the molecule is CCOC(=O)c1cc2c(=O)n(C)cc(Br)c2n1COCC[Si](C)(C)C. The van der Waals surface area contributed by atoms with Crippen LogP contribution >= 0.6 is 15.9 Å². The first-order valence-electron chi connectivity index (χ1n) is 8.29. The fourth-order valence-corrected chi connectivity index (χ4v) is 3.98. The predicted molar refractivity (Wildman–Crippen MR) is 105 cm³/mol. The van der Waals surface area contributed by atoms with Gasteiger partial charge in [0.2, 0.25) is 0 Å². The Morgan fingerprint density at radius 2 is 2.00 bits per heavy atom. The van der Waals surface area contributed by atoms with E-state index < -0.39 is 14.0 Å². The molecule has 0 unspecified atom stereocenters. The highest BCUT2D eigenvalue weighted by atomic mass is 79.9. The molecule has 0 aliphatic rings. The number of hydrogen-bond acceptors (Lipinski definition) is 4. The van der Waals surface area contributed by atoms with Crippen molar-refractivity contribution in [1.29, 1.82) is 0 Å². The van der Waals surface area contributed by atoms with Crippen LogP contribution in [0.3, 0.4) is 0 Å². The fraction of sp³-hybridized carbons (Fsp3) is 0.529. The van der Waals surface area contributed by atoms with Crippen molar-refractivity contribution in [2.24, 2.45) is 7.05 Å². The first-order chi connectivity index (χ1) is 11.7. The number of ether oxygens (including phenoxy) is 2. The van der Waals surface area contributed by atoms with Crippen LogP contribution in [0.4, 0.5) is 0 Å². The maximum absolute atomic E-state index is 12.4. The van der Waals surface area contributed by atoms with Gasteiger partial charge in [-0.2, -0.15) is 0 Å². The summed E-state index contributed by atoms with van der Waals surface area (Å²) in [6.07, 6.45) is 1.69. The highest BCUT2D eigenvalue weighted by Gasteiger charge is 2.21. The lowest BCUT2D eigenvalue weighted by atomic mass is 10.3. The summed E-state index contributed by atoms with van der Waals surface area (Å²) in [6.45, 7) is 9.71. The Morgan fingerprint density at radius 1 is 1.32 bits per heavy atom. The van der Waals surface area contributed by atoms with Crippen molar-refractivity contribution in [3.8, 4) is 0 Å². The topological polar surface area (TPSA) is 62.5 Å². The summed E-state index contributed by atoms with van der Waals surface area (Å²) < 4.78 is 14.9. The molecule has 6 nitrogen and oxygen atoms in total. The predicted octanol–water partition coefficient (Wildman–Crippen LogP) is 3.59. The average molecular weight is 429 g/mol. The van der Waals surface area contributed by atoms with Gasteiger partial charge in [-0.25, -0.2) is 4.79 Å². The van der Waals surface area contributed by atoms with Crippen LogP contribution in [0.15, 0.2) is 21.5 Å². The number of aryl methyl sites for hydroxylation is 1. The number of carbonyl (C=O) groups excluding carboxylic acids is 1. The zero-order chi connectivity index (χ0) is 18.8. The number of hydrogen-bond donors (Lipinski definition) is 0. The van der Waals surface area contributed by atoms with Gasteiger partial charge >= 0.3 is 5.97 Å². The van der Waals surface area contributed by atoms with Crippen LogP contribution in [0.1, 0.15) is 17.4 Å². The summed E-state index contributed by atoms with van der Waals surface area (Å²) >= 11 is 3.49. The van der Waals surface area contributed by atoms with E-state index in [-0.39, 0.29) is 18.9 Å². The Morgan fingerprint density at radius 3 is 2.60 bits per heavy atom. The van der Waals surface area contributed by atoms with Crippen LogP contribution in [-0.4, -0.2) is 36.4 Å². The molecule has 0 N–H and O–H groups in total. The summed E-state index contributed by atoms with van der Waals surface area (Å²) in [5.74, 6) is -0.457. The second kappa shape index (κ2) is 7.88. The van der Waals surface area contributed by atoms with Crippen molar-refractivity contribution in [2.45, 2.75) is 39.3 Å². The molecule has 0 bridgehead atoms. The number of aromatic nitrogens is 2. The second-order valence-electron chi connectivity index (χ2n) is 7.18. The lowest BCUT2D eigenvalue weighted by Gasteiger charge is -2.17. The molecule has 0 amide bonds. The van der Waals surface area contributed by atoms with Crippen LogP contribution in [0.25, 0.3) is 10.9 Å². The van der Waals surface area contributed by atoms with Crippen LogP contribution < -0.4 is 5.56 Å². The van der Waals surface area contributed by atoms with Gasteiger partial charge in [0, 0.05) is 27.9 Å². The van der Waals surface area contributed by atoms with Gasteiger partial charge in [0.05, 0.1) is 22.0 Å². The highest BCUT2D eigenvalue weighted by Crippen LogP contribution is 2.26. The molecule has 0 saturated carbocycles. The molecule has 2 heterocycles. The minimum absolute atomic E-state index is 0.162. The molecule has 0 aliphatic heterocycles. The van der Waals surface area contributed by atoms with Gasteiger partial charge in [-0.1, -0.05) is 19.6 Å². The lowest BCUT2D eigenvalue weighted by molar-refractivity contribution is 0.0477. The number of halogens is 1. The van der Waals surface area contributed by atoms with Crippen molar-refractivity contribution in [3.05, 3.63) is 32.8 Å². The standard InChI is InChI=1S/C17H25BrN2O4Si/c1-6-24-17(22)14-9-12-15(13(18)10-19(2)16(12)21)20(14)11-23-7-8-25(3,4)5/h9-10H,6-8,11H2,1-5H3. The van der Waals surface area contributed by atoms with Gasteiger partial charge in [0.1, 0.15) is 12.4 Å². The second-order valence-corrected chi connectivity index (χ2v) is 13.7. The largest absolute Gasteiger partial charge is 0.461 e. The van der Waals surface area contributed by atoms with Gasteiger partial charge in [-0.15, -0.1) is 0 Å². The Bertz CT molecular complexity index is 836. The third kappa shape index (κ3) is 4.62. The Hall–Kier alpha value is -1.38. The van der Waals surface area contributed by atoms with Crippen LogP contribution in [-0.2, 0) is 23.3 Å². The van der Waals surface area contributed by atoms with Gasteiger partial charge < -0.3 is 18.6 Å². The zero-order valence-corrected chi connectivity index (χ0v) is 18.0. The van der Waals surface area contributed by atoms with E-state index in [1.807, 2.05) is 0 Å². The Kier molecular flexibility index (Phi) is 6.29. The van der Waals surface area contributed by atoms with Gasteiger partial charge in [0.15, 0.2) is 0 Å². The monoisotopic (exact) mass is 428 g/mol. The van der Waals surface area contributed by atoms with Crippen molar-refractivity contribution in [3.63, 3.8) is 0 Å².